The zero-order chi connectivity index (χ0) is 21.5. The number of carboxylic acid groups (broad SMARTS) is 1. The van der Waals surface area contributed by atoms with E-state index in [4.69, 9.17) is 0 Å². The molecular formula is C22H34N6O2. The highest BCUT2D eigenvalue weighted by atomic mass is 16.4. The van der Waals surface area contributed by atoms with E-state index < -0.39 is 6.09 Å². The molecule has 2 aliphatic rings. The third-order valence-electron chi connectivity index (χ3n) is 6.85. The lowest BCUT2D eigenvalue weighted by molar-refractivity contribution is -0.0223. The Morgan fingerprint density at radius 1 is 1.13 bits per heavy atom. The fourth-order valence-corrected chi connectivity index (χ4v) is 5.13. The van der Waals surface area contributed by atoms with Gasteiger partial charge >= 0.3 is 6.09 Å². The summed E-state index contributed by atoms with van der Waals surface area (Å²) >= 11 is 0. The van der Waals surface area contributed by atoms with Gasteiger partial charge in [0, 0.05) is 38.8 Å². The predicted molar refractivity (Wildman–Crippen MR) is 116 cm³/mol. The summed E-state index contributed by atoms with van der Waals surface area (Å²) in [5.74, 6) is 0.318. The third kappa shape index (κ3) is 4.03. The molecule has 1 aromatic carbocycles. The molecule has 1 aromatic heterocycles. The maximum absolute atomic E-state index is 11.9. The van der Waals surface area contributed by atoms with Gasteiger partial charge in [0.05, 0.1) is 5.52 Å². The minimum Gasteiger partial charge on any atom is -0.465 e. The van der Waals surface area contributed by atoms with Crippen molar-refractivity contribution in [2.45, 2.75) is 45.8 Å². The van der Waals surface area contributed by atoms with Crippen molar-refractivity contribution in [1.29, 1.82) is 0 Å². The minimum atomic E-state index is -0.810. The largest absolute Gasteiger partial charge is 0.465 e. The number of hydrogen-bond donors (Lipinski definition) is 1. The summed E-state index contributed by atoms with van der Waals surface area (Å²) in [5, 5.41) is 18.8. The highest BCUT2D eigenvalue weighted by Crippen LogP contribution is 2.40. The van der Waals surface area contributed by atoms with Crippen molar-refractivity contribution >= 4 is 17.1 Å². The molecule has 0 radical (unpaired) electrons. The molecule has 0 bridgehead atoms. The van der Waals surface area contributed by atoms with E-state index in [9.17, 15) is 9.90 Å². The molecule has 1 N–H and O–H groups in total. The quantitative estimate of drug-likeness (QED) is 0.832. The van der Waals surface area contributed by atoms with E-state index in [1.807, 2.05) is 18.2 Å². The number of carbonyl (C=O) groups is 1. The molecule has 8 heteroatoms. The van der Waals surface area contributed by atoms with Gasteiger partial charge in [0.2, 0.25) is 0 Å². The molecule has 2 aliphatic heterocycles. The summed E-state index contributed by atoms with van der Waals surface area (Å²) in [7, 11) is 2.16. The van der Waals surface area contributed by atoms with Crippen LogP contribution in [0.25, 0.3) is 11.0 Å². The van der Waals surface area contributed by atoms with Gasteiger partial charge in [0.25, 0.3) is 0 Å². The standard InChI is InChI=1S/C22H34N6O2/c1-22(2,3)19-15-16(9-10-27(19)21(29)30)20(26-13-11-25(4)12-14-26)28-18-8-6-5-7-17(18)23-24-28/h5-8,16,19-20H,9-15H2,1-4H3,(H,29,30). The molecule has 3 unspecified atom stereocenters. The molecule has 3 atom stereocenters. The Bertz CT molecular complexity index is 883. The van der Waals surface area contributed by atoms with Gasteiger partial charge in [-0.05, 0) is 43.4 Å². The number of fused-ring (bicyclic) bond motifs is 1. The number of amides is 1. The predicted octanol–water partition coefficient (Wildman–Crippen LogP) is 2.98. The van der Waals surface area contributed by atoms with Crippen LogP contribution in [0, 0.1) is 11.3 Å². The van der Waals surface area contributed by atoms with E-state index in [1.54, 1.807) is 4.90 Å². The van der Waals surface area contributed by atoms with Crippen LogP contribution in [0.15, 0.2) is 24.3 Å². The lowest BCUT2D eigenvalue weighted by atomic mass is 9.76. The number of hydrogen-bond acceptors (Lipinski definition) is 5. The highest BCUT2D eigenvalue weighted by Gasteiger charge is 2.43. The van der Waals surface area contributed by atoms with Crippen molar-refractivity contribution in [1.82, 2.24) is 29.7 Å². The first-order chi connectivity index (χ1) is 14.3. The molecule has 30 heavy (non-hydrogen) atoms. The van der Waals surface area contributed by atoms with E-state index in [0.717, 1.165) is 50.1 Å². The normalized spacial score (nSPS) is 25.5. The zero-order valence-corrected chi connectivity index (χ0v) is 18.5. The Kier molecular flexibility index (Phi) is 5.72. The number of piperidine rings is 1. The van der Waals surface area contributed by atoms with Crippen LogP contribution in [0.4, 0.5) is 4.79 Å². The fraction of sp³-hybridized carbons (Fsp3) is 0.682. The average Bonchev–Trinajstić information content (AvgIpc) is 3.13. The molecule has 1 amide bonds. The number of likely N-dealkylation sites (N-methyl/N-ethyl adjacent to an activating group) is 1. The van der Waals surface area contributed by atoms with Crippen molar-refractivity contribution < 1.29 is 9.90 Å². The van der Waals surface area contributed by atoms with Crippen molar-refractivity contribution in [2.75, 3.05) is 39.8 Å². The van der Waals surface area contributed by atoms with Crippen LogP contribution in [0.5, 0.6) is 0 Å². The fourth-order valence-electron chi connectivity index (χ4n) is 5.13. The topological polar surface area (TPSA) is 77.7 Å². The van der Waals surface area contributed by atoms with E-state index >= 15 is 0 Å². The van der Waals surface area contributed by atoms with Gasteiger partial charge in [-0.3, -0.25) is 4.90 Å². The molecule has 2 saturated heterocycles. The first-order valence-corrected chi connectivity index (χ1v) is 11.0. The SMILES string of the molecule is CN1CCN(C(C2CCN(C(=O)O)C(C(C)(C)C)C2)n2nnc3ccccc32)CC1. The van der Waals surface area contributed by atoms with E-state index in [0.29, 0.717) is 12.5 Å². The Morgan fingerprint density at radius 2 is 1.83 bits per heavy atom. The second-order valence-corrected chi connectivity index (χ2v) is 9.92. The van der Waals surface area contributed by atoms with Crippen LogP contribution in [-0.2, 0) is 0 Å². The molecule has 0 aliphatic carbocycles. The van der Waals surface area contributed by atoms with Gasteiger partial charge in [-0.2, -0.15) is 0 Å². The van der Waals surface area contributed by atoms with Gasteiger partial charge in [-0.15, -0.1) is 5.10 Å². The summed E-state index contributed by atoms with van der Waals surface area (Å²) < 4.78 is 2.10. The van der Waals surface area contributed by atoms with E-state index in [-0.39, 0.29) is 17.6 Å². The van der Waals surface area contributed by atoms with Crippen LogP contribution in [-0.4, -0.2) is 86.7 Å². The molecule has 164 valence electrons. The maximum atomic E-state index is 11.9. The maximum Gasteiger partial charge on any atom is 0.407 e. The minimum absolute atomic E-state index is 0.0153. The number of piperazine rings is 1. The molecule has 8 nitrogen and oxygen atoms in total. The number of para-hydroxylation sites is 1. The lowest BCUT2D eigenvalue weighted by Crippen LogP contribution is -2.55. The summed E-state index contributed by atoms with van der Waals surface area (Å²) in [4.78, 5) is 18.5. The van der Waals surface area contributed by atoms with Crippen LogP contribution in [0.2, 0.25) is 0 Å². The lowest BCUT2D eigenvalue weighted by Gasteiger charge is -2.49. The van der Waals surface area contributed by atoms with Crippen LogP contribution >= 0.6 is 0 Å². The second kappa shape index (κ2) is 8.15. The van der Waals surface area contributed by atoms with Crippen LogP contribution in [0.3, 0.4) is 0 Å². The molecule has 2 fully saturated rings. The number of nitrogens with zero attached hydrogens (tertiary/aromatic N) is 6. The van der Waals surface area contributed by atoms with Gasteiger partial charge in [0.15, 0.2) is 0 Å². The molecular weight excluding hydrogens is 380 g/mol. The monoisotopic (exact) mass is 414 g/mol. The number of likely N-dealkylation sites (tertiary alicyclic amines) is 1. The van der Waals surface area contributed by atoms with Crippen LogP contribution < -0.4 is 0 Å². The first-order valence-electron chi connectivity index (χ1n) is 11.0. The van der Waals surface area contributed by atoms with Crippen molar-refractivity contribution in [2.24, 2.45) is 11.3 Å². The number of rotatable bonds is 3. The Balaban J connectivity index is 1.70. The summed E-state index contributed by atoms with van der Waals surface area (Å²) in [6.07, 6.45) is 0.952. The molecule has 0 saturated carbocycles. The smallest absolute Gasteiger partial charge is 0.407 e. The van der Waals surface area contributed by atoms with Crippen molar-refractivity contribution in [3.05, 3.63) is 24.3 Å². The van der Waals surface area contributed by atoms with Gasteiger partial charge in [-0.1, -0.05) is 38.1 Å². The van der Waals surface area contributed by atoms with Gasteiger partial charge in [-0.25, -0.2) is 9.48 Å². The molecule has 3 heterocycles. The summed E-state index contributed by atoms with van der Waals surface area (Å²) in [6.45, 7) is 11.0. The molecule has 4 rings (SSSR count). The van der Waals surface area contributed by atoms with Crippen LogP contribution in [0.1, 0.15) is 39.8 Å². The Hall–Kier alpha value is -2.19. The van der Waals surface area contributed by atoms with E-state index in [1.165, 1.54) is 0 Å². The summed E-state index contributed by atoms with van der Waals surface area (Å²) in [5.41, 5.74) is 1.84. The first kappa shape index (κ1) is 21.1. The number of benzene rings is 1. The van der Waals surface area contributed by atoms with Crippen molar-refractivity contribution in [3.63, 3.8) is 0 Å². The highest BCUT2D eigenvalue weighted by molar-refractivity contribution is 5.74. The Morgan fingerprint density at radius 3 is 2.50 bits per heavy atom. The zero-order valence-electron chi connectivity index (χ0n) is 18.5. The average molecular weight is 415 g/mol. The van der Waals surface area contributed by atoms with Gasteiger partial charge in [0.1, 0.15) is 11.7 Å². The molecule has 2 aromatic rings. The van der Waals surface area contributed by atoms with Crippen molar-refractivity contribution in [3.8, 4) is 0 Å². The summed E-state index contributed by atoms with van der Waals surface area (Å²) in [6, 6.07) is 8.11. The van der Waals surface area contributed by atoms with E-state index in [2.05, 4.69) is 58.7 Å². The number of aromatic nitrogens is 3. The second-order valence-electron chi connectivity index (χ2n) is 9.92. The van der Waals surface area contributed by atoms with Gasteiger partial charge < -0.3 is 14.9 Å². The molecule has 0 spiro atoms. The Labute approximate surface area is 178 Å². The third-order valence-corrected chi connectivity index (χ3v) is 6.85.